The molecule has 0 fully saturated rings. The highest BCUT2D eigenvalue weighted by atomic mass is 16.2. The van der Waals surface area contributed by atoms with Crippen molar-refractivity contribution in [3.63, 3.8) is 0 Å². The lowest BCUT2D eigenvalue weighted by Crippen LogP contribution is -1.62. The average molecular weight is 92.1 g/mol. The van der Waals surface area contributed by atoms with E-state index in [9.17, 15) is 0 Å². The molecule has 0 unspecified atom stereocenters. The monoisotopic (exact) mass is 92.1 g/mol. The van der Waals surface area contributed by atoms with Crippen LogP contribution in [-0.2, 0) is 0 Å². The first-order chi connectivity index (χ1) is 1.91. The van der Waals surface area contributed by atoms with Gasteiger partial charge in [-0.25, -0.2) is 0 Å². The summed E-state index contributed by atoms with van der Waals surface area (Å²) < 4.78 is 0. The standard InChI is InChI=1S/C3H6O.2H3N/c1-2-3-4;;/h2,4H,1,3H2;2*1H3. The first-order valence-corrected chi connectivity index (χ1v) is 1.13. The summed E-state index contributed by atoms with van der Waals surface area (Å²) in [5.41, 5.74) is 0. The van der Waals surface area contributed by atoms with Crippen molar-refractivity contribution in [2.24, 2.45) is 0 Å². The van der Waals surface area contributed by atoms with Gasteiger partial charge in [-0.3, -0.25) is 0 Å². The van der Waals surface area contributed by atoms with E-state index in [1.54, 1.807) is 0 Å². The molecule has 0 aromatic heterocycles. The molecule has 0 saturated carbocycles. The molecule has 6 heavy (non-hydrogen) atoms. The molecule has 0 aliphatic carbocycles. The Labute approximate surface area is 37.8 Å². The molecule has 7 N–H and O–H groups in total. The van der Waals surface area contributed by atoms with Crippen molar-refractivity contribution in [3.05, 3.63) is 12.7 Å². The Hall–Kier alpha value is -0.380. The SMILES string of the molecule is C=CCO.N.N. The summed E-state index contributed by atoms with van der Waals surface area (Å²) >= 11 is 0. The molecule has 0 heterocycles. The van der Waals surface area contributed by atoms with Crippen LogP contribution in [0.4, 0.5) is 0 Å². The zero-order valence-electron chi connectivity index (χ0n) is 3.85. The topological polar surface area (TPSA) is 90.2 Å². The third kappa shape index (κ3) is 64.6. The molecule has 0 aromatic carbocycles. The summed E-state index contributed by atoms with van der Waals surface area (Å²) in [5.74, 6) is 0. The summed E-state index contributed by atoms with van der Waals surface area (Å²) in [5, 5.41) is 7.76. The van der Waals surface area contributed by atoms with E-state index in [2.05, 4.69) is 6.58 Å². The molecule has 0 bridgehead atoms. The predicted molar refractivity (Wildman–Crippen MR) is 27.3 cm³/mol. The highest BCUT2D eigenvalue weighted by molar-refractivity contribution is 4.60. The maximum atomic E-state index is 7.76. The van der Waals surface area contributed by atoms with E-state index in [4.69, 9.17) is 5.11 Å². The van der Waals surface area contributed by atoms with Gasteiger partial charge in [0.05, 0.1) is 6.61 Å². The van der Waals surface area contributed by atoms with E-state index in [-0.39, 0.29) is 18.9 Å². The first-order valence-electron chi connectivity index (χ1n) is 1.13. The molecule has 0 aromatic rings. The molecule has 0 saturated heterocycles. The van der Waals surface area contributed by atoms with Crippen LogP contribution in [0.15, 0.2) is 12.7 Å². The van der Waals surface area contributed by atoms with E-state index in [0.717, 1.165) is 0 Å². The predicted octanol–water partition coefficient (Wildman–Crippen LogP) is 0.489. The van der Waals surface area contributed by atoms with Gasteiger partial charge in [0, 0.05) is 0 Å². The van der Waals surface area contributed by atoms with Crippen LogP contribution in [0.25, 0.3) is 0 Å². The van der Waals surface area contributed by atoms with Gasteiger partial charge in [-0.15, -0.1) is 6.58 Å². The van der Waals surface area contributed by atoms with Crippen LogP contribution in [-0.4, -0.2) is 11.7 Å². The number of rotatable bonds is 1. The van der Waals surface area contributed by atoms with Crippen LogP contribution in [0.1, 0.15) is 0 Å². The third-order valence-corrected chi connectivity index (χ3v) is 0.129. The zero-order chi connectivity index (χ0) is 3.41. The largest absolute Gasteiger partial charge is 0.392 e. The lowest BCUT2D eigenvalue weighted by Gasteiger charge is -1.60. The zero-order valence-corrected chi connectivity index (χ0v) is 3.85. The van der Waals surface area contributed by atoms with Crippen LogP contribution in [0, 0.1) is 0 Å². The molecule has 0 radical (unpaired) electrons. The summed E-state index contributed by atoms with van der Waals surface area (Å²) in [7, 11) is 0. The number of aliphatic hydroxyl groups is 1. The van der Waals surface area contributed by atoms with Crippen molar-refractivity contribution < 1.29 is 5.11 Å². The van der Waals surface area contributed by atoms with Gasteiger partial charge in [-0.2, -0.15) is 0 Å². The Bertz CT molecular complexity index is 22.8. The van der Waals surface area contributed by atoms with Crippen molar-refractivity contribution in [1.29, 1.82) is 0 Å². The van der Waals surface area contributed by atoms with Crippen LogP contribution in [0.5, 0.6) is 0 Å². The van der Waals surface area contributed by atoms with Gasteiger partial charge in [0.15, 0.2) is 0 Å². The fraction of sp³-hybridized carbons (Fsp3) is 0.333. The van der Waals surface area contributed by atoms with Crippen molar-refractivity contribution in [2.75, 3.05) is 6.61 Å². The summed E-state index contributed by atoms with van der Waals surface area (Å²) in [4.78, 5) is 0. The van der Waals surface area contributed by atoms with Gasteiger partial charge in [0.2, 0.25) is 0 Å². The lowest BCUT2D eigenvalue weighted by atomic mass is 10.7. The van der Waals surface area contributed by atoms with Crippen LogP contribution < -0.4 is 12.3 Å². The summed E-state index contributed by atoms with van der Waals surface area (Å²) in [6.45, 7) is 3.31. The van der Waals surface area contributed by atoms with Crippen LogP contribution >= 0.6 is 0 Å². The van der Waals surface area contributed by atoms with E-state index in [1.165, 1.54) is 6.08 Å². The number of aliphatic hydroxyl groups excluding tert-OH is 1. The van der Waals surface area contributed by atoms with Crippen molar-refractivity contribution in [1.82, 2.24) is 12.3 Å². The third-order valence-electron chi connectivity index (χ3n) is 0.129. The smallest absolute Gasteiger partial charge is 0.0609 e. The van der Waals surface area contributed by atoms with Crippen molar-refractivity contribution >= 4 is 0 Å². The molecule has 0 aliphatic rings. The van der Waals surface area contributed by atoms with E-state index in [0.29, 0.717) is 0 Å². The molecule has 3 heteroatoms. The highest BCUT2D eigenvalue weighted by Crippen LogP contribution is 1.46. The molecule has 0 rings (SSSR count). The molecule has 0 spiro atoms. The summed E-state index contributed by atoms with van der Waals surface area (Å²) in [6, 6.07) is 0. The minimum Gasteiger partial charge on any atom is -0.392 e. The van der Waals surface area contributed by atoms with Crippen LogP contribution in [0.2, 0.25) is 0 Å². The fourth-order valence-corrected chi connectivity index (χ4v) is 0. The van der Waals surface area contributed by atoms with Gasteiger partial charge in [0.1, 0.15) is 0 Å². The highest BCUT2D eigenvalue weighted by Gasteiger charge is 1.45. The van der Waals surface area contributed by atoms with Gasteiger partial charge < -0.3 is 17.4 Å². The van der Waals surface area contributed by atoms with Crippen LogP contribution in [0.3, 0.4) is 0 Å². The van der Waals surface area contributed by atoms with Gasteiger partial charge in [0.25, 0.3) is 0 Å². The normalized spacial score (nSPS) is 4.17. The second kappa shape index (κ2) is 23.1. The Kier molecular flexibility index (Phi) is 67.2. The molecule has 40 valence electrons. The second-order valence-corrected chi connectivity index (χ2v) is 0.471. The number of hydrogen-bond acceptors (Lipinski definition) is 3. The molecule has 0 amide bonds. The Balaban J connectivity index is -0.0000000450. The molecular formula is C3H12N2O. The first kappa shape index (κ1) is 17.5. The average Bonchev–Trinajstić information content (AvgIpc) is 1.37. The lowest BCUT2D eigenvalue weighted by molar-refractivity contribution is 0.343. The molecule has 0 aliphatic heterocycles. The summed E-state index contributed by atoms with van der Waals surface area (Å²) in [6.07, 6.45) is 1.43. The number of hydrogen-bond donors (Lipinski definition) is 3. The minimum absolute atomic E-state index is 0. The van der Waals surface area contributed by atoms with E-state index >= 15 is 0 Å². The van der Waals surface area contributed by atoms with Crippen molar-refractivity contribution in [2.45, 2.75) is 0 Å². The molecule has 3 nitrogen and oxygen atoms in total. The minimum atomic E-state index is 0. The Morgan fingerprint density at radius 3 is 1.67 bits per heavy atom. The maximum Gasteiger partial charge on any atom is 0.0609 e. The van der Waals surface area contributed by atoms with Gasteiger partial charge in [-0.1, -0.05) is 6.08 Å². The maximum absolute atomic E-state index is 7.76. The Morgan fingerprint density at radius 2 is 1.67 bits per heavy atom. The molecular weight excluding hydrogens is 80.0 g/mol. The van der Waals surface area contributed by atoms with Crippen molar-refractivity contribution in [3.8, 4) is 0 Å². The van der Waals surface area contributed by atoms with E-state index in [1.807, 2.05) is 0 Å². The Morgan fingerprint density at radius 1 is 1.50 bits per heavy atom. The van der Waals surface area contributed by atoms with Gasteiger partial charge >= 0.3 is 0 Å². The van der Waals surface area contributed by atoms with E-state index < -0.39 is 0 Å². The fourth-order valence-electron chi connectivity index (χ4n) is 0. The second-order valence-electron chi connectivity index (χ2n) is 0.471. The van der Waals surface area contributed by atoms with Gasteiger partial charge in [-0.05, 0) is 0 Å². The molecule has 0 atom stereocenters. The quantitative estimate of drug-likeness (QED) is 0.411.